The molecule has 2 aromatic heterocycles. The summed E-state index contributed by atoms with van der Waals surface area (Å²) in [6, 6.07) is 12.1. The van der Waals surface area contributed by atoms with Gasteiger partial charge in [-0.1, -0.05) is 26.0 Å². The second-order valence-corrected chi connectivity index (χ2v) is 11.0. The number of carbonyl (C=O) groups excluding carboxylic acids is 1. The average Bonchev–Trinajstić information content (AvgIpc) is 3.67. The first-order valence-electron chi connectivity index (χ1n) is 12.8. The number of hydrogen-bond donors (Lipinski definition) is 5. The Balaban J connectivity index is 1.45. The van der Waals surface area contributed by atoms with Crippen molar-refractivity contribution in [3.8, 4) is 0 Å². The summed E-state index contributed by atoms with van der Waals surface area (Å²) in [5.41, 5.74) is 2.98. The van der Waals surface area contributed by atoms with Crippen LogP contribution in [0.4, 0.5) is 23.3 Å². The van der Waals surface area contributed by atoms with Crippen molar-refractivity contribution >= 4 is 29.2 Å². The van der Waals surface area contributed by atoms with Crippen LogP contribution in [0, 0.1) is 0 Å². The van der Waals surface area contributed by atoms with Gasteiger partial charge in [-0.15, -0.1) is 0 Å². The van der Waals surface area contributed by atoms with Gasteiger partial charge in [0.05, 0.1) is 11.3 Å². The van der Waals surface area contributed by atoms with Crippen molar-refractivity contribution in [1.82, 2.24) is 25.6 Å². The van der Waals surface area contributed by atoms with E-state index in [1.54, 1.807) is 20.0 Å². The Labute approximate surface area is 217 Å². The predicted molar refractivity (Wildman–Crippen MR) is 144 cm³/mol. The molecule has 3 heterocycles. The fourth-order valence-electron chi connectivity index (χ4n) is 4.17. The summed E-state index contributed by atoms with van der Waals surface area (Å²) in [4.78, 5) is 26.8. The van der Waals surface area contributed by atoms with Gasteiger partial charge in [0.2, 0.25) is 5.95 Å². The number of nitrogens with one attached hydrogen (secondary N) is 4. The minimum atomic E-state index is -0.982. The molecule has 0 atom stereocenters. The third-order valence-electron chi connectivity index (χ3n) is 7.46. The maximum absolute atomic E-state index is 13.0. The molecule has 9 nitrogen and oxygen atoms in total. The highest BCUT2D eigenvalue weighted by atomic mass is 16.3. The summed E-state index contributed by atoms with van der Waals surface area (Å²) in [5, 5.41) is 23.6. The lowest BCUT2D eigenvalue weighted by Gasteiger charge is -2.36. The lowest BCUT2D eigenvalue weighted by atomic mass is 9.74. The normalized spacial score (nSPS) is 15.6. The Hall–Kier alpha value is -3.56. The van der Waals surface area contributed by atoms with Crippen molar-refractivity contribution in [2.45, 2.75) is 70.6 Å². The Bertz CT molecular complexity index is 1310. The highest BCUT2D eigenvalue weighted by Crippen LogP contribution is 2.34. The fraction of sp³-hybridized carbons (Fsp3) is 0.429. The van der Waals surface area contributed by atoms with Crippen LogP contribution in [0.3, 0.4) is 0 Å². The van der Waals surface area contributed by atoms with Gasteiger partial charge in [0, 0.05) is 29.9 Å². The highest BCUT2D eigenvalue weighted by molar-refractivity contribution is 5.99. The number of benzene rings is 1. The van der Waals surface area contributed by atoms with Gasteiger partial charge in [-0.25, -0.2) is 9.97 Å². The standard InChI is InChI=1S/C28H35N7O2/c1-27(2,28(3,4)37)22-6-5-7-23(33-22)34-24-21(25(36)31-19-10-11-19)16-30-26(35-24)32-20-9-8-17-12-13-29-15-18(17)14-20/h5-9,14,16,19,29,37H,10-13,15H2,1-4H3,(H,31,36)(H2,30,32,33,34,35). The fourth-order valence-corrected chi connectivity index (χ4v) is 4.17. The van der Waals surface area contributed by atoms with E-state index in [2.05, 4.69) is 43.4 Å². The third kappa shape index (κ3) is 5.57. The van der Waals surface area contributed by atoms with Gasteiger partial charge in [-0.2, -0.15) is 4.98 Å². The lowest BCUT2D eigenvalue weighted by molar-refractivity contribution is 0.00783. The molecule has 1 aromatic carbocycles. The first-order valence-corrected chi connectivity index (χ1v) is 12.8. The Kier molecular flexibility index (Phi) is 6.59. The van der Waals surface area contributed by atoms with Gasteiger partial charge in [0.15, 0.2) is 0 Å². The predicted octanol–water partition coefficient (Wildman–Crippen LogP) is 3.95. The molecule has 9 heteroatoms. The number of rotatable bonds is 8. The van der Waals surface area contributed by atoms with Crippen LogP contribution in [-0.2, 0) is 18.4 Å². The molecule has 1 fully saturated rings. The summed E-state index contributed by atoms with van der Waals surface area (Å²) in [6.07, 6.45) is 4.52. The number of fused-ring (bicyclic) bond motifs is 1. The summed E-state index contributed by atoms with van der Waals surface area (Å²) in [5.74, 6) is 1.05. The number of pyridine rings is 1. The van der Waals surface area contributed by atoms with E-state index in [-0.39, 0.29) is 11.9 Å². The van der Waals surface area contributed by atoms with E-state index in [1.807, 2.05) is 38.1 Å². The molecule has 2 aliphatic rings. The largest absolute Gasteiger partial charge is 0.390 e. The van der Waals surface area contributed by atoms with Crippen molar-refractivity contribution in [3.05, 3.63) is 65.0 Å². The molecule has 0 unspecified atom stereocenters. The minimum Gasteiger partial charge on any atom is -0.390 e. The zero-order chi connectivity index (χ0) is 26.2. The zero-order valence-corrected chi connectivity index (χ0v) is 21.9. The van der Waals surface area contributed by atoms with E-state index in [0.29, 0.717) is 23.1 Å². The van der Waals surface area contributed by atoms with E-state index in [4.69, 9.17) is 4.98 Å². The molecule has 1 aliphatic heterocycles. The van der Waals surface area contributed by atoms with E-state index >= 15 is 0 Å². The first-order chi connectivity index (χ1) is 17.6. The number of hydrogen-bond acceptors (Lipinski definition) is 8. The minimum absolute atomic E-state index is 0.205. The van der Waals surface area contributed by atoms with Crippen molar-refractivity contribution in [1.29, 1.82) is 0 Å². The SMILES string of the molecule is CC(C)(O)C(C)(C)c1cccc(Nc2nc(Nc3ccc4c(c3)CNCC4)ncc2C(=O)NC2CC2)n1. The maximum Gasteiger partial charge on any atom is 0.256 e. The van der Waals surface area contributed by atoms with Gasteiger partial charge < -0.3 is 26.4 Å². The third-order valence-corrected chi connectivity index (χ3v) is 7.46. The Morgan fingerprint density at radius 2 is 1.86 bits per heavy atom. The molecule has 3 aromatic rings. The molecule has 37 heavy (non-hydrogen) atoms. The molecule has 0 radical (unpaired) electrons. The molecule has 1 amide bonds. The second kappa shape index (κ2) is 9.72. The zero-order valence-electron chi connectivity index (χ0n) is 21.9. The summed E-state index contributed by atoms with van der Waals surface area (Å²) < 4.78 is 0. The van der Waals surface area contributed by atoms with E-state index in [0.717, 1.165) is 43.7 Å². The molecule has 1 saturated carbocycles. The van der Waals surface area contributed by atoms with E-state index in [9.17, 15) is 9.90 Å². The summed E-state index contributed by atoms with van der Waals surface area (Å²) in [7, 11) is 0. The summed E-state index contributed by atoms with van der Waals surface area (Å²) in [6.45, 7) is 9.28. The van der Waals surface area contributed by atoms with Crippen LogP contribution in [0.1, 0.15) is 67.7 Å². The topological polar surface area (TPSA) is 124 Å². The van der Waals surface area contributed by atoms with Crippen LogP contribution < -0.4 is 21.3 Å². The molecule has 194 valence electrons. The Morgan fingerprint density at radius 3 is 2.62 bits per heavy atom. The second-order valence-electron chi connectivity index (χ2n) is 11.0. The highest BCUT2D eigenvalue weighted by Gasteiger charge is 2.38. The van der Waals surface area contributed by atoms with Crippen LogP contribution in [-0.4, -0.2) is 44.2 Å². The Morgan fingerprint density at radius 1 is 1.05 bits per heavy atom. The molecule has 5 N–H and O–H groups in total. The molecular formula is C28H35N7O2. The number of anilines is 4. The smallest absolute Gasteiger partial charge is 0.256 e. The van der Waals surface area contributed by atoms with Gasteiger partial charge >= 0.3 is 0 Å². The van der Waals surface area contributed by atoms with Gasteiger partial charge in [0.1, 0.15) is 17.2 Å². The summed E-state index contributed by atoms with van der Waals surface area (Å²) >= 11 is 0. The number of aromatic nitrogens is 3. The molecule has 0 spiro atoms. The number of nitrogens with zero attached hydrogens (tertiary/aromatic N) is 3. The quantitative estimate of drug-likeness (QED) is 0.314. The van der Waals surface area contributed by atoms with Crippen molar-refractivity contribution in [2.24, 2.45) is 0 Å². The average molecular weight is 502 g/mol. The van der Waals surface area contributed by atoms with Gasteiger partial charge in [0.25, 0.3) is 5.91 Å². The van der Waals surface area contributed by atoms with Crippen LogP contribution in [0.2, 0.25) is 0 Å². The molecule has 1 aliphatic carbocycles. The molecule has 0 saturated heterocycles. The lowest BCUT2D eigenvalue weighted by Crippen LogP contribution is -2.43. The van der Waals surface area contributed by atoms with Crippen molar-refractivity contribution in [2.75, 3.05) is 17.2 Å². The van der Waals surface area contributed by atoms with Gasteiger partial charge in [-0.05, 0) is 75.0 Å². The molecular weight excluding hydrogens is 466 g/mol. The van der Waals surface area contributed by atoms with Crippen LogP contribution in [0.25, 0.3) is 0 Å². The van der Waals surface area contributed by atoms with E-state index in [1.165, 1.54) is 11.1 Å². The molecule has 5 rings (SSSR count). The van der Waals surface area contributed by atoms with Crippen LogP contribution >= 0.6 is 0 Å². The number of aliphatic hydroxyl groups is 1. The van der Waals surface area contributed by atoms with Gasteiger partial charge in [-0.3, -0.25) is 4.79 Å². The number of amides is 1. The molecule has 0 bridgehead atoms. The first kappa shape index (κ1) is 25.1. The number of carbonyl (C=O) groups is 1. The monoisotopic (exact) mass is 501 g/mol. The maximum atomic E-state index is 13.0. The van der Waals surface area contributed by atoms with Crippen LogP contribution in [0.15, 0.2) is 42.6 Å². The van der Waals surface area contributed by atoms with E-state index < -0.39 is 11.0 Å². The van der Waals surface area contributed by atoms with Crippen molar-refractivity contribution in [3.63, 3.8) is 0 Å². The van der Waals surface area contributed by atoms with Crippen molar-refractivity contribution < 1.29 is 9.90 Å². The van der Waals surface area contributed by atoms with Crippen LogP contribution in [0.5, 0.6) is 0 Å².